The Hall–Kier alpha value is -1.88. The Kier molecular flexibility index (Phi) is 4.43. The first kappa shape index (κ1) is 15.0. The molecule has 116 valence electrons. The van der Waals surface area contributed by atoms with Gasteiger partial charge in [-0.1, -0.05) is 13.0 Å². The van der Waals surface area contributed by atoms with E-state index < -0.39 is 0 Å². The van der Waals surface area contributed by atoms with Gasteiger partial charge in [0.05, 0.1) is 0 Å². The standard InChI is InChI=1S/C17H20N2O2S/c1-11-4-5-15-12(9-11)10-14(17(21)19-15)16(20)18-7-6-13-3-2-8-22-13/h2-3,8,10-11H,4-7,9H2,1H3,(H,18,20)(H,19,21)/t11-/m1/s1. The third-order valence-electron chi connectivity index (χ3n) is 4.15. The molecule has 0 aliphatic heterocycles. The number of amides is 1. The molecule has 2 N–H and O–H groups in total. The summed E-state index contributed by atoms with van der Waals surface area (Å²) in [5.41, 5.74) is 2.07. The first-order chi connectivity index (χ1) is 10.6. The van der Waals surface area contributed by atoms with E-state index in [4.69, 9.17) is 0 Å². The second kappa shape index (κ2) is 6.48. The zero-order valence-electron chi connectivity index (χ0n) is 12.6. The molecular formula is C17H20N2O2S. The third kappa shape index (κ3) is 3.30. The molecule has 0 saturated heterocycles. The number of carbonyl (C=O) groups excluding carboxylic acids is 1. The van der Waals surface area contributed by atoms with Crippen LogP contribution >= 0.6 is 11.3 Å². The third-order valence-corrected chi connectivity index (χ3v) is 5.09. The molecule has 1 aliphatic rings. The van der Waals surface area contributed by atoms with E-state index in [0.29, 0.717) is 12.5 Å². The Morgan fingerprint density at radius 3 is 3.14 bits per heavy atom. The molecule has 1 atom stereocenters. The summed E-state index contributed by atoms with van der Waals surface area (Å²) in [5.74, 6) is 0.326. The Balaban J connectivity index is 1.69. The molecule has 5 heteroatoms. The van der Waals surface area contributed by atoms with Crippen LogP contribution in [0.3, 0.4) is 0 Å². The van der Waals surface area contributed by atoms with Crippen LogP contribution in [-0.2, 0) is 19.3 Å². The molecule has 0 fully saturated rings. The van der Waals surface area contributed by atoms with Gasteiger partial charge < -0.3 is 10.3 Å². The summed E-state index contributed by atoms with van der Waals surface area (Å²) in [6.45, 7) is 2.75. The molecule has 1 aliphatic carbocycles. The maximum atomic E-state index is 12.2. The summed E-state index contributed by atoms with van der Waals surface area (Å²) in [5, 5.41) is 4.86. The summed E-state index contributed by atoms with van der Waals surface area (Å²) in [4.78, 5) is 28.4. The molecule has 2 aromatic rings. The Labute approximate surface area is 133 Å². The minimum Gasteiger partial charge on any atom is -0.352 e. The van der Waals surface area contributed by atoms with Crippen LogP contribution in [0.2, 0.25) is 0 Å². The van der Waals surface area contributed by atoms with E-state index >= 15 is 0 Å². The van der Waals surface area contributed by atoms with E-state index in [1.807, 2.05) is 17.5 Å². The number of thiophene rings is 1. The summed E-state index contributed by atoms with van der Waals surface area (Å²) >= 11 is 1.67. The Morgan fingerprint density at radius 2 is 2.36 bits per heavy atom. The summed E-state index contributed by atoms with van der Waals surface area (Å²) in [6, 6.07) is 5.82. The van der Waals surface area contributed by atoms with Crippen molar-refractivity contribution in [3.8, 4) is 0 Å². The lowest BCUT2D eigenvalue weighted by atomic mass is 9.87. The highest BCUT2D eigenvalue weighted by atomic mass is 32.1. The largest absolute Gasteiger partial charge is 0.352 e. The predicted octanol–water partition coefficient (Wildman–Crippen LogP) is 2.53. The van der Waals surface area contributed by atoms with Crippen LogP contribution in [0.5, 0.6) is 0 Å². The summed E-state index contributed by atoms with van der Waals surface area (Å²) in [6.07, 6.45) is 3.71. The van der Waals surface area contributed by atoms with Crippen molar-refractivity contribution in [2.45, 2.75) is 32.6 Å². The van der Waals surface area contributed by atoms with Crippen molar-refractivity contribution in [1.82, 2.24) is 10.3 Å². The number of hydrogen-bond donors (Lipinski definition) is 2. The van der Waals surface area contributed by atoms with Crippen molar-refractivity contribution in [1.29, 1.82) is 0 Å². The number of H-pyrrole nitrogens is 1. The molecule has 0 bridgehead atoms. The van der Waals surface area contributed by atoms with Crippen molar-refractivity contribution >= 4 is 17.2 Å². The zero-order valence-corrected chi connectivity index (χ0v) is 13.5. The molecule has 22 heavy (non-hydrogen) atoms. The average molecular weight is 316 g/mol. The van der Waals surface area contributed by atoms with Gasteiger partial charge in [-0.25, -0.2) is 0 Å². The van der Waals surface area contributed by atoms with Crippen LogP contribution in [0.1, 0.15) is 39.8 Å². The van der Waals surface area contributed by atoms with Crippen molar-refractivity contribution in [2.24, 2.45) is 5.92 Å². The van der Waals surface area contributed by atoms with Crippen LogP contribution in [0.4, 0.5) is 0 Å². The normalized spacial score (nSPS) is 17.0. The van der Waals surface area contributed by atoms with Crippen molar-refractivity contribution in [2.75, 3.05) is 6.54 Å². The number of aromatic amines is 1. The fourth-order valence-electron chi connectivity index (χ4n) is 2.90. The van der Waals surface area contributed by atoms with Crippen LogP contribution < -0.4 is 10.9 Å². The molecule has 4 nitrogen and oxygen atoms in total. The van der Waals surface area contributed by atoms with Crippen molar-refractivity contribution < 1.29 is 4.79 Å². The summed E-state index contributed by atoms with van der Waals surface area (Å²) < 4.78 is 0. The lowest BCUT2D eigenvalue weighted by Crippen LogP contribution is -2.32. The van der Waals surface area contributed by atoms with E-state index in [1.165, 1.54) is 4.88 Å². The monoisotopic (exact) mass is 316 g/mol. The summed E-state index contributed by atoms with van der Waals surface area (Å²) in [7, 11) is 0. The Morgan fingerprint density at radius 1 is 1.50 bits per heavy atom. The lowest BCUT2D eigenvalue weighted by Gasteiger charge is -2.21. The van der Waals surface area contributed by atoms with E-state index in [1.54, 1.807) is 17.4 Å². The number of aryl methyl sites for hydroxylation is 1. The van der Waals surface area contributed by atoms with Gasteiger partial charge >= 0.3 is 0 Å². The number of hydrogen-bond acceptors (Lipinski definition) is 3. The topological polar surface area (TPSA) is 62.0 Å². The highest BCUT2D eigenvalue weighted by Gasteiger charge is 2.19. The number of fused-ring (bicyclic) bond motifs is 1. The predicted molar refractivity (Wildman–Crippen MR) is 88.6 cm³/mol. The number of aromatic nitrogens is 1. The average Bonchev–Trinajstić information content (AvgIpc) is 3.00. The van der Waals surface area contributed by atoms with Gasteiger partial charge in [0, 0.05) is 17.1 Å². The number of pyridine rings is 1. The van der Waals surface area contributed by atoms with E-state index in [9.17, 15) is 9.59 Å². The lowest BCUT2D eigenvalue weighted by molar-refractivity contribution is 0.0952. The molecule has 0 aromatic carbocycles. The molecule has 1 amide bonds. The SMILES string of the molecule is C[C@@H]1CCc2[nH]c(=O)c(C(=O)NCCc3cccs3)cc2C1. The second-order valence-corrected chi connectivity index (χ2v) is 6.98. The maximum Gasteiger partial charge on any atom is 0.261 e. The van der Waals surface area contributed by atoms with E-state index in [0.717, 1.165) is 36.9 Å². The number of carbonyl (C=O) groups is 1. The molecule has 0 saturated carbocycles. The van der Waals surface area contributed by atoms with Crippen LogP contribution in [0.15, 0.2) is 28.4 Å². The second-order valence-electron chi connectivity index (χ2n) is 5.95. The number of rotatable bonds is 4. The molecule has 2 heterocycles. The van der Waals surface area contributed by atoms with Gasteiger partial charge in [0.25, 0.3) is 11.5 Å². The van der Waals surface area contributed by atoms with E-state index in [-0.39, 0.29) is 17.0 Å². The molecule has 0 spiro atoms. The van der Waals surface area contributed by atoms with Crippen LogP contribution in [0.25, 0.3) is 0 Å². The van der Waals surface area contributed by atoms with Gasteiger partial charge in [0.15, 0.2) is 0 Å². The molecular weight excluding hydrogens is 296 g/mol. The Bertz CT molecular complexity index is 719. The maximum absolute atomic E-state index is 12.2. The molecule has 0 unspecified atom stereocenters. The first-order valence-electron chi connectivity index (χ1n) is 7.69. The molecule has 2 aromatic heterocycles. The number of nitrogens with one attached hydrogen (secondary N) is 2. The van der Waals surface area contributed by atoms with Gasteiger partial charge in [-0.3, -0.25) is 9.59 Å². The van der Waals surface area contributed by atoms with Gasteiger partial charge in [-0.15, -0.1) is 11.3 Å². The minimum absolute atomic E-state index is 0.235. The van der Waals surface area contributed by atoms with Gasteiger partial charge in [-0.2, -0.15) is 0 Å². The van der Waals surface area contributed by atoms with E-state index in [2.05, 4.69) is 17.2 Å². The fraction of sp³-hybridized carbons (Fsp3) is 0.412. The fourth-order valence-corrected chi connectivity index (χ4v) is 3.61. The molecule has 3 rings (SSSR count). The zero-order chi connectivity index (χ0) is 15.5. The highest BCUT2D eigenvalue weighted by molar-refractivity contribution is 7.09. The van der Waals surface area contributed by atoms with Crippen LogP contribution in [-0.4, -0.2) is 17.4 Å². The van der Waals surface area contributed by atoms with Gasteiger partial charge in [-0.05, 0) is 54.7 Å². The van der Waals surface area contributed by atoms with Gasteiger partial charge in [0.1, 0.15) is 5.56 Å². The van der Waals surface area contributed by atoms with Crippen molar-refractivity contribution in [3.05, 3.63) is 55.6 Å². The smallest absolute Gasteiger partial charge is 0.261 e. The van der Waals surface area contributed by atoms with Crippen molar-refractivity contribution in [3.63, 3.8) is 0 Å². The minimum atomic E-state index is -0.279. The quantitative estimate of drug-likeness (QED) is 0.910. The first-order valence-corrected chi connectivity index (χ1v) is 8.57. The van der Waals surface area contributed by atoms with Gasteiger partial charge in [0.2, 0.25) is 0 Å². The highest BCUT2D eigenvalue weighted by Crippen LogP contribution is 2.23. The molecule has 0 radical (unpaired) electrons. The van der Waals surface area contributed by atoms with Crippen LogP contribution in [0, 0.1) is 5.92 Å².